The van der Waals surface area contributed by atoms with E-state index in [4.69, 9.17) is 0 Å². The van der Waals surface area contributed by atoms with Crippen molar-refractivity contribution in [2.45, 2.75) is 65.0 Å². The highest BCUT2D eigenvalue weighted by molar-refractivity contribution is 5.65. The van der Waals surface area contributed by atoms with Crippen molar-refractivity contribution < 1.29 is 0 Å². The molecular weight excluding hydrogens is 292 g/mol. The summed E-state index contributed by atoms with van der Waals surface area (Å²) in [6, 6.07) is 12.6. The van der Waals surface area contributed by atoms with E-state index >= 15 is 0 Å². The summed E-state index contributed by atoms with van der Waals surface area (Å²) in [5.41, 5.74) is 9.95. The van der Waals surface area contributed by atoms with E-state index in [9.17, 15) is 0 Å². The molecule has 2 aliphatic rings. The Morgan fingerprint density at radius 2 is 1.54 bits per heavy atom. The van der Waals surface area contributed by atoms with Gasteiger partial charge in [0.2, 0.25) is 0 Å². The Labute approximate surface area is 145 Å². The molecular formula is C22H28N2. The number of fused-ring (bicyclic) bond motifs is 2. The fourth-order valence-corrected chi connectivity index (χ4v) is 4.39. The lowest BCUT2D eigenvalue weighted by Crippen LogP contribution is -2.13. The molecule has 4 rings (SSSR count). The van der Waals surface area contributed by atoms with Crippen LogP contribution in [0.5, 0.6) is 0 Å². The van der Waals surface area contributed by atoms with Crippen LogP contribution in [0.1, 0.15) is 67.3 Å². The highest BCUT2D eigenvalue weighted by Gasteiger charge is 2.28. The molecule has 24 heavy (non-hydrogen) atoms. The molecule has 2 nitrogen and oxygen atoms in total. The van der Waals surface area contributed by atoms with Crippen LogP contribution in [0, 0.1) is 6.92 Å². The van der Waals surface area contributed by atoms with Gasteiger partial charge in [-0.3, -0.25) is 0 Å². The van der Waals surface area contributed by atoms with Gasteiger partial charge in [-0.2, -0.15) is 0 Å². The molecule has 4 atom stereocenters. The minimum absolute atomic E-state index is 0.529. The summed E-state index contributed by atoms with van der Waals surface area (Å²) in [7, 11) is 0. The normalized spacial score (nSPS) is 27.4. The standard InChI is InChI=1S/C22H28N2/c1-12-15(4)24-21-11-17(6-8-19(12)21)10-18-7-9-20-22(14(18)3)13(2)16(5)23-20/h6-9,11-13,15-16,23-24H,10H2,1-5H3/t12-,13+,15+,16-/m0/s1. The lowest BCUT2D eigenvalue weighted by atomic mass is 9.89. The largest absolute Gasteiger partial charge is 0.382 e. The molecule has 0 radical (unpaired) electrons. The minimum Gasteiger partial charge on any atom is -0.382 e. The number of hydrogen-bond donors (Lipinski definition) is 2. The van der Waals surface area contributed by atoms with Crippen LogP contribution in [0.25, 0.3) is 0 Å². The maximum absolute atomic E-state index is 3.63. The van der Waals surface area contributed by atoms with E-state index in [1.165, 1.54) is 39.2 Å². The molecule has 2 aromatic rings. The van der Waals surface area contributed by atoms with Crippen LogP contribution in [-0.4, -0.2) is 12.1 Å². The quantitative estimate of drug-likeness (QED) is 0.772. The van der Waals surface area contributed by atoms with Crippen LogP contribution in [0.2, 0.25) is 0 Å². The van der Waals surface area contributed by atoms with Crippen molar-refractivity contribution in [2.75, 3.05) is 10.6 Å². The number of anilines is 2. The second kappa shape index (κ2) is 5.54. The van der Waals surface area contributed by atoms with Crippen molar-refractivity contribution in [3.05, 3.63) is 58.1 Å². The summed E-state index contributed by atoms with van der Waals surface area (Å²) in [6.07, 6.45) is 1.01. The third kappa shape index (κ3) is 2.31. The second-order valence-electron chi connectivity index (χ2n) is 7.85. The Morgan fingerprint density at radius 3 is 2.33 bits per heavy atom. The van der Waals surface area contributed by atoms with Crippen LogP contribution in [-0.2, 0) is 6.42 Å². The van der Waals surface area contributed by atoms with Gasteiger partial charge in [-0.1, -0.05) is 32.0 Å². The monoisotopic (exact) mass is 320 g/mol. The molecule has 0 amide bonds. The Bertz CT molecular complexity index is 793. The fraction of sp³-hybridized carbons (Fsp3) is 0.455. The van der Waals surface area contributed by atoms with Crippen LogP contribution in [0.3, 0.4) is 0 Å². The lowest BCUT2D eigenvalue weighted by molar-refractivity contribution is 0.686. The van der Waals surface area contributed by atoms with Crippen molar-refractivity contribution in [1.29, 1.82) is 0 Å². The Hall–Kier alpha value is -1.96. The van der Waals surface area contributed by atoms with E-state index < -0.39 is 0 Å². The Balaban J connectivity index is 1.65. The molecule has 0 unspecified atom stereocenters. The first-order chi connectivity index (χ1) is 11.5. The first-order valence-corrected chi connectivity index (χ1v) is 9.24. The van der Waals surface area contributed by atoms with Crippen LogP contribution in [0.15, 0.2) is 30.3 Å². The molecule has 0 saturated carbocycles. The van der Waals surface area contributed by atoms with Crippen molar-refractivity contribution in [1.82, 2.24) is 0 Å². The Morgan fingerprint density at radius 1 is 0.833 bits per heavy atom. The van der Waals surface area contributed by atoms with Gasteiger partial charge in [-0.25, -0.2) is 0 Å². The van der Waals surface area contributed by atoms with Gasteiger partial charge in [0, 0.05) is 35.3 Å². The average Bonchev–Trinajstić information content (AvgIpc) is 3.00. The van der Waals surface area contributed by atoms with Gasteiger partial charge in [-0.05, 0) is 67.1 Å². The van der Waals surface area contributed by atoms with E-state index in [-0.39, 0.29) is 0 Å². The first kappa shape index (κ1) is 15.6. The molecule has 2 heteroatoms. The van der Waals surface area contributed by atoms with E-state index in [0.29, 0.717) is 23.9 Å². The van der Waals surface area contributed by atoms with Gasteiger partial charge in [0.15, 0.2) is 0 Å². The summed E-state index contributed by atoms with van der Waals surface area (Å²) in [5.74, 6) is 1.19. The predicted molar refractivity (Wildman–Crippen MR) is 103 cm³/mol. The number of nitrogens with one attached hydrogen (secondary N) is 2. The number of benzene rings is 2. The molecule has 0 bridgehead atoms. The smallest absolute Gasteiger partial charge is 0.0381 e. The third-order valence-electron chi connectivity index (χ3n) is 6.35. The third-order valence-corrected chi connectivity index (χ3v) is 6.35. The van der Waals surface area contributed by atoms with E-state index in [1.807, 2.05) is 0 Å². The average molecular weight is 320 g/mol. The molecule has 0 fully saturated rings. The van der Waals surface area contributed by atoms with E-state index in [2.05, 4.69) is 75.6 Å². The summed E-state index contributed by atoms with van der Waals surface area (Å²) < 4.78 is 0. The summed E-state index contributed by atoms with van der Waals surface area (Å²) in [5, 5.41) is 7.25. The van der Waals surface area contributed by atoms with E-state index in [1.54, 1.807) is 0 Å². The first-order valence-electron chi connectivity index (χ1n) is 9.24. The van der Waals surface area contributed by atoms with Crippen molar-refractivity contribution >= 4 is 11.4 Å². The molecule has 0 aromatic heterocycles. The zero-order chi connectivity index (χ0) is 17.0. The molecule has 2 aromatic carbocycles. The minimum atomic E-state index is 0.529. The summed E-state index contributed by atoms with van der Waals surface area (Å²) in [4.78, 5) is 0. The molecule has 126 valence electrons. The molecule has 2 heterocycles. The van der Waals surface area contributed by atoms with Crippen LogP contribution >= 0.6 is 0 Å². The van der Waals surface area contributed by atoms with Crippen LogP contribution in [0.4, 0.5) is 11.4 Å². The van der Waals surface area contributed by atoms with Gasteiger partial charge in [0.1, 0.15) is 0 Å². The van der Waals surface area contributed by atoms with Crippen molar-refractivity contribution in [3.8, 4) is 0 Å². The van der Waals surface area contributed by atoms with Gasteiger partial charge in [-0.15, -0.1) is 0 Å². The molecule has 2 N–H and O–H groups in total. The topological polar surface area (TPSA) is 24.1 Å². The highest BCUT2D eigenvalue weighted by atomic mass is 15.0. The highest BCUT2D eigenvalue weighted by Crippen LogP contribution is 2.40. The maximum Gasteiger partial charge on any atom is 0.0381 e. The van der Waals surface area contributed by atoms with Crippen molar-refractivity contribution in [2.24, 2.45) is 0 Å². The van der Waals surface area contributed by atoms with Gasteiger partial charge >= 0.3 is 0 Å². The molecule has 2 aliphatic heterocycles. The Kier molecular flexibility index (Phi) is 3.59. The zero-order valence-electron chi connectivity index (χ0n) is 15.4. The summed E-state index contributed by atoms with van der Waals surface area (Å²) in [6.45, 7) is 11.5. The predicted octanol–water partition coefficient (Wildman–Crippen LogP) is 5.42. The maximum atomic E-state index is 3.63. The van der Waals surface area contributed by atoms with Gasteiger partial charge in [0.05, 0.1) is 0 Å². The van der Waals surface area contributed by atoms with Crippen LogP contribution < -0.4 is 10.6 Å². The summed E-state index contributed by atoms with van der Waals surface area (Å²) >= 11 is 0. The number of rotatable bonds is 2. The second-order valence-corrected chi connectivity index (χ2v) is 7.85. The van der Waals surface area contributed by atoms with Gasteiger partial charge < -0.3 is 10.6 Å². The SMILES string of the molecule is Cc1c(Cc2ccc3c(c2)N[C@H](C)[C@@H]3C)ccc2c1[C@H](C)[C@H](C)N2. The lowest BCUT2D eigenvalue weighted by Gasteiger charge is -2.15. The van der Waals surface area contributed by atoms with Crippen molar-refractivity contribution in [3.63, 3.8) is 0 Å². The zero-order valence-corrected chi connectivity index (χ0v) is 15.4. The number of hydrogen-bond acceptors (Lipinski definition) is 2. The van der Waals surface area contributed by atoms with Gasteiger partial charge in [0.25, 0.3) is 0 Å². The molecule has 0 saturated heterocycles. The fourth-order valence-electron chi connectivity index (χ4n) is 4.39. The molecule has 0 aliphatic carbocycles. The van der Waals surface area contributed by atoms with E-state index in [0.717, 1.165) is 6.42 Å². The molecule has 0 spiro atoms.